The van der Waals surface area contributed by atoms with Gasteiger partial charge < -0.3 is 0 Å². The van der Waals surface area contributed by atoms with Crippen molar-refractivity contribution in [2.75, 3.05) is 5.32 Å². The molecule has 0 spiro atoms. The van der Waals surface area contributed by atoms with Crippen LogP contribution < -0.4 is 10.0 Å². The second-order valence-electron chi connectivity index (χ2n) is 8.25. The third-order valence-corrected chi connectivity index (χ3v) is 8.32. The predicted octanol–water partition coefficient (Wildman–Crippen LogP) is 5.54. The van der Waals surface area contributed by atoms with Gasteiger partial charge in [0.15, 0.2) is 0 Å². The number of carbonyl (C=O) groups is 1. The maximum atomic E-state index is 13.5. The number of hydrogen-bond acceptors (Lipinski definition) is 6. The Morgan fingerprint density at radius 3 is 2.43 bits per heavy atom. The van der Waals surface area contributed by atoms with Crippen molar-refractivity contribution in [3.63, 3.8) is 0 Å². The van der Waals surface area contributed by atoms with Gasteiger partial charge in [-0.2, -0.15) is 4.72 Å². The molecule has 0 aliphatic rings. The average molecular weight is 549 g/mol. The van der Waals surface area contributed by atoms with Gasteiger partial charge in [0.05, 0.1) is 4.90 Å². The molecule has 0 saturated heterocycles. The summed E-state index contributed by atoms with van der Waals surface area (Å²) in [6.07, 6.45) is 0.149. The van der Waals surface area contributed by atoms with Crippen LogP contribution in [0.15, 0.2) is 102 Å². The van der Waals surface area contributed by atoms with Crippen molar-refractivity contribution in [2.45, 2.75) is 17.4 Å². The first kappa shape index (κ1) is 25.0. The summed E-state index contributed by atoms with van der Waals surface area (Å²) < 4.78 is 29.6. The molecule has 1 heterocycles. The molecule has 10 heteroatoms. The summed E-state index contributed by atoms with van der Waals surface area (Å²) in [5.74, 6) is -0.540. The Bertz CT molecular complexity index is 1670. The van der Waals surface area contributed by atoms with Gasteiger partial charge in [-0.15, -0.1) is 10.2 Å². The van der Waals surface area contributed by atoms with Crippen LogP contribution in [0.4, 0.5) is 5.13 Å². The Balaban J connectivity index is 1.42. The van der Waals surface area contributed by atoms with Crippen molar-refractivity contribution in [1.29, 1.82) is 0 Å². The predicted molar refractivity (Wildman–Crippen MR) is 147 cm³/mol. The summed E-state index contributed by atoms with van der Waals surface area (Å²) in [6.45, 7) is 0. The van der Waals surface area contributed by atoms with Crippen LogP contribution >= 0.6 is 22.9 Å². The minimum absolute atomic E-state index is 0.107. The standard InChI is InChI=1S/C27H21ClN4O3S2/c28-21-13-6-12-20(17-21)26-30-31-27(36-26)29-25(33)23(16-18-8-2-1-3-9-18)32-37(34,35)24-15-7-11-19-10-4-5-14-22(19)24/h1-15,17,23,32H,16H2,(H,29,31,33)/t23-/m1/s1. The van der Waals surface area contributed by atoms with E-state index in [1.807, 2.05) is 54.6 Å². The Morgan fingerprint density at radius 2 is 1.62 bits per heavy atom. The molecule has 0 saturated carbocycles. The number of nitrogens with one attached hydrogen (secondary N) is 2. The first-order valence-electron chi connectivity index (χ1n) is 11.3. The summed E-state index contributed by atoms with van der Waals surface area (Å²) in [6, 6.07) is 27.5. The Hall–Kier alpha value is -3.63. The average Bonchev–Trinajstić information content (AvgIpc) is 3.37. The van der Waals surface area contributed by atoms with Gasteiger partial charge in [-0.05, 0) is 35.6 Å². The summed E-state index contributed by atoms with van der Waals surface area (Å²) in [7, 11) is -4.04. The molecule has 2 N–H and O–H groups in total. The lowest BCUT2D eigenvalue weighted by molar-refractivity contribution is -0.117. The molecule has 0 aliphatic heterocycles. The van der Waals surface area contributed by atoms with Crippen LogP contribution in [0, 0.1) is 0 Å². The second kappa shape index (κ2) is 10.8. The van der Waals surface area contributed by atoms with Gasteiger partial charge in [0, 0.05) is 16.0 Å². The lowest BCUT2D eigenvalue weighted by Gasteiger charge is -2.18. The fraction of sp³-hybridized carbons (Fsp3) is 0.0741. The topological polar surface area (TPSA) is 101 Å². The van der Waals surface area contributed by atoms with Crippen LogP contribution in [0.1, 0.15) is 5.56 Å². The smallest absolute Gasteiger partial charge is 0.244 e. The van der Waals surface area contributed by atoms with E-state index < -0.39 is 22.0 Å². The van der Waals surface area contributed by atoms with Gasteiger partial charge in [-0.3, -0.25) is 10.1 Å². The third kappa shape index (κ3) is 5.86. The maximum Gasteiger partial charge on any atom is 0.244 e. The number of benzene rings is 4. The van der Waals surface area contributed by atoms with E-state index in [4.69, 9.17) is 11.6 Å². The van der Waals surface area contributed by atoms with Crippen LogP contribution in [-0.2, 0) is 21.2 Å². The molecule has 37 heavy (non-hydrogen) atoms. The number of aromatic nitrogens is 2. The third-order valence-electron chi connectivity index (χ3n) is 5.66. The van der Waals surface area contributed by atoms with E-state index in [9.17, 15) is 13.2 Å². The van der Waals surface area contributed by atoms with Crippen molar-refractivity contribution in [2.24, 2.45) is 0 Å². The number of carbonyl (C=O) groups excluding carboxylic acids is 1. The van der Waals surface area contributed by atoms with E-state index >= 15 is 0 Å². The summed E-state index contributed by atoms with van der Waals surface area (Å²) in [4.78, 5) is 13.5. The second-order valence-corrected chi connectivity index (χ2v) is 11.3. The Labute approximate surface area is 223 Å². The van der Waals surface area contributed by atoms with Gasteiger partial charge in [-0.25, -0.2) is 8.42 Å². The van der Waals surface area contributed by atoms with Crippen molar-refractivity contribution in [3.8, 4) is 10.6 Å². The molecule has 0 unspecified atom stereocenters. The molecular weight excluding hydrogens is 528 g/mol. The summed E-state index contributed by atoms with van der Waals surface area (Å²) in [5, 5.41) is 13.7. The summed E-state index contributed by atoms with van der Waals surface area (Å²) >= 11 is 7.25. The van der Waals surface area contributed by atoms with Gasteiger partial charge in [0.25, 0.3) is 0 Å². The van der Waals surface area contributed by atoms with Crippen molar-refractivity contribution >= 4 is 54.8 Å². The molecule has 0 fully saturated rings. The zero-order valence-electron chi connectivity index (χ0n) is 19.3. The quantitative estimate of drug-likeness (QED) is 0.265. The van der Waals surface area contributed by atoms with E-state index in [0.717, 1.165) is 16.5 Å². The largest absolute Gasteiger partial charge is 0.299 e. The van der Waals surface area contributed by atoms with Crippen molar-refractivity contribution in [1.82, 2.24) is 14.9 Å². The number of anilines is 1. The number of nitrogens with zero attached hydrogens (tertiary/aromatic N) is 2. The van der Waals surface area contributed by atoms with Crippen LogP contribution in [0.25, 0.3) is 21.3 Å². The number of fused-ring (bicyclic) bond motifs is 1. The van der Waals surface area contributed by atoms with Gasteiger partial charge >= 0.3 is 0 Å². The van der Waals surface area contributed by atoms with Crippen LogP contribution in [0.3, 0.4) is 0 Å². The van der Waals surface area contributed by atoms with Gasteiger partial charge in [0.2, 0.25) is 21.1 Å². The number of hydrogen-bond donors (Lipinski definition) is 2. The molecule has 0 radical (unpaired) electrons. The minimum Gasteiger partial charge on any atom is -0.299 e. The number of amides is 1. The lowest BCUT2D eigenvalue weighted by Crippen LogP contribution is -2.45. The first-order valence-corrected chi connectivity index (χ1v) is 14.0. The van der Waals surface area contributed by atoms with Crippen LogP contribution in [0.5, 0.6) is 0 Å². The van der Waals surface area contributed by atoms with Crippen LogP contribution in [0.2, 0.25) is 5.02 Å². The monoisotopic (exact) mass is 548 g/mol. The zero-order valence-corrected chi connectivity index (χ0v) is 21.7. The van der Waals surface area contributed by atoms with Gasteiger partial charge in [0.1, 0.15) is 11.0 Å². The molecule has 0 bridgehead atoms. The fourth-order valence-corrected chi connectivity index (χ4v) is 6.28. The molecule has 5 aromatic rings. The first-order chi connectivity index (χ1) is 17.9. The molecule has 1 atom stereocenters. The number of halogens is 1. The van der Waals surface area contributed by atoms with Crippen molar-refractivity contribution in [3.05, 3.63) is 108 Å². The van der Waals surface area contributed by atoms with E-state index in [1.54, 1.807) is 36.4 Å². The Morgan fingerprint density at radius 1 is 0.892 bits per heavy atom. The van der Waals surface area contributed by atoms with Crippen LogP contribution in [-0.4, -0.2) is 30.6 Å². The fourth-order valence-electron chi connectivity index (χ4n) is 3.92. The highest BCUT2D eigenvalue weighted by atomic mass is 35.5. The van der Waals surface area contributed by atoms with E-state index in [2.05, 4.69) is 20.2 Å². The normalized spacial score (nSPS) is 12.4. The van der Waals surface area contributed by atoms with E-state index in [1.165, 1.54) is 17.4 Å². The van der Waals surface area contributed by atoms with Gasteiger partial charge in [-0.1, -0.05) is 102 Å². The number of sulfonamides is 1. The van der Waals surface area contributed by atoms with E-state index in [0.29, 0.717) is 15.4 Å². The molecule has 4 aromatic carbocycles. The SMILES string of the molecule is O=C(Nc1nnc(-c2cccc(Cl)c2)s1)[C@@H](Cc1ccccc1)NS(=O)(=O)c1cccc2ccccc12. The molecular formula is C27H21ClN4O3S2. The summed E-state index contributed by atoms with van der Waals surface area (Å²) in [5.41, 5.74) is 1.57. The molecule has 7 nitrogen and oxygen atoms in total. The highest BCUT2D eigenvalue weighted by Crippen LogP contribution is 2.28. The maximum absolute atomic E-state index is 13.5. The van der Waals surface area contributed by atoms with Crippen molar-refractivity contribution < 1.29 is 13.2 Å². The zero-order chi connectivity index (χ0) is 25.8. The Kier molecular flexibility index (Phi) is 7.29. The minimum atomic E-state index is -4.04. The van der Waals surface area contributed by atoms with E-state index in [-0.39, 0.29) is 16.4 Å². The lowest BCUT2D eigenvalue weighted by atomic mass is 10.1. The highest BCUT2D eigenvalue weighted by molar-refractivity contribution is 7.89. The highest BCUT2D eigenvalue weighted by Gasteiger charge is 2.28. The molecule has 1 amide bonds. The molecule has 0 aliphatic carbocycles. The number of rotatable bonds is 8. The molecule has 186 valence electrons. The molecule has 5 rings (SSSR count). The molecule has 1 aromatic heterocycles.